The molecule has 2 aromatic carbocycles. The van der Waals surface area contributed by atoms with Crippen molar-refractivity contribution in [1.82, 2.24) is 0 Å². The maximum atomic E-state index is 12.8. The number of alkyl halides is 3. The number of nitrogens with zero attached hydrogens (tertiary/aromatic N) is 1. The molecule has 0 aromatic heterocycles. The standard InChI is InChI=1S/C20H13ClF3NO7/c1-2-7-31-19(27)11-30-10-17(26)14-9-13(4-5-16(14)25(28)29)32-18-6-3-12(8-15(18)21)20(22,23)24/h1,3-6,8-9H,7,10-11H2. The van der Waals surface area contributed by atoms with Crippen LogP contribution in [0.5, 0.6) is 11.5 Å². The fourth-order valence-corrected chi connectivity index (χ4v) is 2.54. The Labute approximate surface area is 184 Å². The van der Waals surface area contributed by atoms with Gasteiger partial charge in [0.15, 0.2) is 12.4 Å². The number of Topliss-reactive ketones (excluding diaryl/α,β-unsaturated/α-hetero) is 1. The van der Waals surface area contributed by atoms with Crippen LogP contribution in [0.3, 0.4) is 0 Å². The zero-order valence-electron chi connectivity index (χ0n) is 16.0. The summed E-state index contributed by atoms with van der Waals surface area (Å²) in [5.74, 6) is 0.105. The van der Waals surface area contributed by atoms with Crippen LogP contribution in [0.4, 0.5) is 18.9 Å². The highest BCUT2D eigenvalue weighted by molar-refractivity contribution is 6.32. The topological polar surface area (TPSA) is 105 Å². The highest BCUT2D eigenvalue weighted by atomic mass is 35.5. The molecule has 0 fully saturated rings. The highest BCUT2D eigenvalue weighted by Crippen LogP contribution is 2.37. The quantitative estimate of drug-likeness (QED) is 0.175. The molecule has 0 aliphatic heterocycles. The van der Waals surface area contributed by atoms with Gasteiger partial charge in [-0.15, -0.1) is 6.42 Å². The smallest absolute Gasteiger partial charge is 0.416 e. The number of nitro benzene ring substituents is 1. The minimum atomic E-state index is -4.61. The summed E-state index contributed by atoms with van der Waals surface area (Å²) in [5, 5.41) is 10.9. The molecule has 2 rings (SSSR count). The summed E-state index contributed by atoms with van der Waals surface area (Å²) in [6.45, 7) is -1.59. The van der Waals surface area contributed by atoms with Gasteiger partial charge in [0.05, 0.1) is 15.5 Å². The third-order valence-corrected chi connectivity index (χ3v) is 4.02. The van der Waals surface area contributed by atoms with Crippen molar-refractivity contribution in [1.29, 1.82) is 0 Å². The van der Waals surface area contributed by atoms with E-state index in [1.165, 1.54) is 0 Å². The van der Waals surface area contributed by atoms with Gasteiger partial charge in [-0.05, 0) is 30.3 Å². The van der Waals surface area contributed by atoms with Crippen LogP contribution in [0.25, 0.3) is 0 Å². The highest BCUT2D eigenvalue weighted by Gasteiger charge is 2.31. The van der Waals surface area contributed by atoms with Crippen LogP contribution < -0.4 is 4.74 Å². The molecule has 0 amide bonds. The molecule has 0 spiro atoms. The minimum absolute atomic E-state index is 0.103. The van der Waals surface area contributed by atoms with Crippen LogP contribution in [0.1, 0.15) is 15.9 Å². The van der Waals surface area contributed by atoms with Crippen LogP contribution in [-0.4, -0.2) is 36.5 Å². The van der Waals surface area contributed by atoms with Crippen molar-refractivity contribution in [3.05, 3.63) is 62.7 Å². The largest absolute Gasteiger partial charge is 0.456 e. The average Bonchev–Trinajstić information content (AvgIpc) is 2.72. The monoisotopic (exact) mass is 471 g/mol. The number of esters is 1. The van der Waals surface area contributed by atoms with Crippen LogP contribution >= 0.6 is 11.6 Å². The average molecular weight is 472 g/mol. The van der Waals surface area contributed by atoms with E-state index in [0.29, 0.717) is 6.07 Å². The molecule has 0 saturated heterocycles. The van der Waals surface area contributed by atoms with Crippen molar-refractivity contribution in [3.8, 4) is 23.8 Å². The van der Waals surface area contributed by atoms with Crippen molar-refractivity contribution < 1.29 is 41.9 Å². The molecule has 0 atom stereocenters. The number of halogens is 4. The molecule has 0 N–H and O–H groups in total. The summed E-state index contributed by atoms with van der Waals surface area (Å²) >= 11 is 5.83. The van der Waals surface area contributed by atoms with E-state index in [-0.39, 0.29) is 23.1 Å². The predicted octanol–water partition coefficient (Wildman–Crippen LogP) is 4.44. The lowest BCUT2D eigenvalue weighted by Crippen LogP contribution is -2.18. The number of hydrogen-bond acceptors (Lipinski definition) is 7. The van der Waals surface area contributed by atoms with E-state index in [1.54, 1.807) is 0 Å². The second kappa shape index (κ2) is 10.6. The SMILES string of the molecule is C#CCOC(=O)COCC(=O)c1cc(Oc2ccc(C(F)(F)F)cc2Cl)ccc1[N+](=O)[O-]. The number of ketones is 1. The molecule has 0 saturated carbocycles. The molecule has 0 radical (unpaired) electrons. The number of carbonyl (C=O) groups is 2. The maximum Gasteiger partial charge on any atom is 0.416 e. The van der Waals surface area contributed by atoms with Crippen LogP contribution in [0.15, 0.2) is 36.4 Å². The number of ether oxygens (including phenoxy) is 3. The van der Waals surface area contributed by atoms with Crippen LogP contribution in [0.2, 0.25) is 5.02 Å². The summed E-state index contributed by atoms with van der Waals surface area (Å²) in [7, 11) is 0. The van der Waals surface area contributed by atoms with Crippen molar-refractivity contribution in [2.24, 2.45) is 0 Å². The van der Waals surface area contributed by atoms with E-state index in [4.69, 9.17) is 27.5 Å². The van der Waals surface area contributed by atoms with Gasteiger partial charge in [0.1, 0.15) is 30.3 Å². The Bertz CT molecular complexity index is 1080. The molecule has 0 bridgehead atoms. The predicted molar refractivity (Wildman–Crippen MR) is 105 cm³/mol. The van der Waals surface area contributed by atoms with Crippen molar-refractivity contribution in [2.75, 3.05) is 19.8 Å². The summed E-state index contributed by atoms with van der Waals surface area (Å²) < 4.78 is 53.1. The van der Waals surface area contributed by atoms with Crippen LogP contribution in [0, 0.1) is 22.5 Å². The molecule has 2 aromatic rings. The maximum absolute atomic E-state index is 12.8. The van der Waals surface area contributed by atoms with E-state index in [0.717, 1.165) is 30.3 Å². The summed E-state index contributed by atoms with van der Waals surface area (Å²) in [6, 6.07) is 5.49. The van der Waals surface area contributed by atoms with Gasteiger partial charge in [-0.25, -0.2) is 4.79 Å². The first-order valence-electron chi connectivity index (χ1n) is 8.56. The van der Waals surface area contributed by atoms with Gasteiger partial charge in [-0.2, -0.15) is 13.2 Å². The van der Waals surface area contributed by atoms with Crippen molar-refractivity contribution in [3.63, 3.8) is 0 Å². The van der Waals surface area contributed by atoms with Gasteiger partial charge in [0.2, 0.25) is 0 Å². The first-order valence-corrected chi connectivity index (χ1v) is 8.93. The molecule has 168 valence electrons. The molecular formula is C20H13ClF3NO7. The Morgan fingerprint density at radius 3 is 2.47 bits per heavy atom. The van der Waals surface area contributed by atoms with E-state index >= 15 is 0 Å². The van der Waals surface area contributed by atoms with Gasteiger partial charge >= 0.3 is 12.1 Å². The number of nitro groups is 1. The number of terminal acetylenes is 1. The molecule has 0 unspecified atom stereocenters. The molecule has 0 aliphatic carbocycles. The molecule has 8 nitrogen and oxygen atoms in total. The Morgan fingerprint density at radius 2 is 1.88 bits per heavy atom. The van der Waals surface area contributed by atoms with E-state index < -0.39 is 52.9 Å². The molecule has 0 aliphatic rings. The van der Waals surface area contributed by atoms with Crippen molar-refractivity contribution >= 4 is 29.0 Å². The van der Waals surface area contributed by atoms with Gasteiger partial charge in [0, 0.05) is 6.07 Å². The number of carbonyl (C=O) groups excluding carboxylic acids is 2. The molecule has 12 heteroatoms. The zero-order valence-corrected chi connectivity index (χ0v) is 16.7. The normalized spacial score (nSPS) is 10.8. The third kappa shape index (κ3) is 6.69. The summed E-state index contributed by atoms with van der Waals surface area (Å²) in [6.07, 6.45) is 0.315. The molecule has 0 heterocycles. The first-order chi connectivity index (χ1) is 15.0. The second-order valence-electron chi connectivity index (χ2n) is 5.96. The zero-order chi connectivity index (χ0) is 23.9. The fourth-order valence-electron chi connectivity index (χ4n) is 2.32. The Hall–Kier alpha value is -3.62. The summed E-state index contributed by atoms with van der Waals surface area (Å²) in [4.78, 5) is 34.1. The summed E-state index contributed by atoms with van der Waals surface area (Å²) in [5.41, 5.74) is -1.97. The fraction of sp³-hybridized carbons (Fsp3) is 0.200. The Kier molecular flexibility index (Phi) is 8.17. The van der Waals surface area contributed by atoms with Crippen molar-refractivity contribution in [2.45, 2.75) is 6.18 Å². The van der Waals surface area contributed by atoms with E-state index in [2.05, 4.69) is 10.7 Å². The lowest BCUT2D eigenvalue weighted by molar-refractivity contribution is -0.385. The molecular weight excluding hydrogens is 459 g/mol. The van der Waals surface area contributed by atoms with Gasteiger partial charge in [0.25, 0.3) is 5.69 Å². The minimum Gasteiger partial charge on any atom is -0.456 e. The van der Waals surface area contributed by atoms with Gasteiger partial charge < -0.3 is 14.2 Å². The number of hydrogen-bond donors (Lipinski definition) is 0. The van der Waals surface area contributed by atoms with Gasteiger partial charge in [-0.1, -0.05) is 17.5 Å². The lowest BCUT2D eigenvalue weighted by atomic mass is 10.1. The third-order valence-electron chi connectivity index (χ3n) is 3.72. The van der Waals surface area contributed by atoms with Crippen LogP contribution in [-0.2, 0) is 20.4 Å². The molecule has 32 heavy (non-hydrogen) atoms. The van der Waals surface area contributed by atoms with E-state index in [1.807, 2.05) is 0 Å². The lowest BCUT2D eigenvalue weighted by Gasteiger charge is -2.12. The Balaban J connectivity index is 2.19. The van der Waals surface area contributed by atoms with E-state index in [9.17, 15) is 32.9 Å². The van der Waals surface area contributed by atoms with Gasteiger partial charge in [-0.3, -0.25) is 14.9 Å². The Morgan fingerprint density at radius 1 is 1.16 bits per heavy atom. The first kappa shape index (κ1) is 24.6. The number of rotatable bonds is 9. The second-order valence-corrected chi connectivity index (χ2v) is 6.37. The number of benzene rings is 2.